The zero-order chi connectivity index (χ0) is 13.2. The molecule has 0 bridgehead atoms. The van der Waals surface area contributed by atoms with Gasteiger partial charge >= 0.3 is 0 Å². The second kappa shape index (κ2) is 4.89. The molecule has 0 aromatic carbocycles. The maximum atomic E-state index is 12.5. The molecular weight excluding hydrogens is 244 g/mol. The highest BCUT2D eigenvalue weighted by molar-refractivity contribution is 5.92. The number of carbonyl (C=O) groups is 1. The highest BCUT2D eigenvalue weighted by Crippen LogP contribution is 2.25. The molecule has 100 valence electrons. The third-order valence-corrected chi connectivity index (χ3v) is 3.45. The van der Waals surface area contributed by atoms with Crippen molar-refractivity contribution >= 4 is 5.91 Å². The van der Waals surface area contributed by atoms with Crippen LogP contribution in [0.4, 0.5) is 0 Å². The van der Waals surface area contributed by atoms with Crippen molar-refractivity contribution in [2.75, 3.05) is 19.8 Å². The molecule has 0 unspecified atom stereocenters. The second-order valence-corrected chi connectivity index (χ2v) is 4.60. The third-order valence-electron chi connectivity index (χ3n) is 3.45. The van der Waals surface area contributed by atoms with Gasteiger partial charge in [0.1, 0.15) is 5.69 Å². The van der Waals surface area contributed by atoms with Gasteiger partial charge in [0.25, 0.3) is 5.91 Å². The summed E-state index contributed by atoms with van der Waals surface area (Å²) in [5, 5.41) is 6.56. The Morgan fingerprint density at radius 3 is 3.11 bits per heavy atom. The van der Waals surface area contributed by atoms with Crippen LogP contribution in [0.2, 0.25) is 0 Å². The van der Waals surface area contributed by atoms with E-state index in [1.165, 1.54) is 0 Å². The first-order valence-electron chi connectivity index (χ1n) is 6.26. The summed E-state index contributed by atoms with van der Waals surface area (Å²) >= 11 is 0. The van der Waals surface area contributed by atoms with Gasteiger partial charge in [0.05, 0.1) is 19.3 Å². The van der Waals surface area contributed by atoms with Crippen LogP contribution in [0, 0.1) is 0 Å². The van der Waals surface area contributed by atoms with Gasteiger partial charge in [-0.2, -0.15) is 5.10 Å². The molecule has 2 aromatic heterocycles. The molecule has 1 N–H and O–H groups in total. The number of hydrogen-bond acceptors (Lipinski definition) is 3. The highest BCUT2D eigenvalue weighted by Gasteiger charge is 2.31. The van der Waals surface area contributed by atoms with Crippen LogP contribution >= 0.6 is 0 Å². The predicted octanol–water partition coefficient (Wildman–Crippen LogP) is 0.962. The fourth-order valence-corrected chi connectivity index (χ4v) is 2.44. The van der Waals surface area contributed by atoms with Crippen molar-refractivity contribution in [2.45, 2.75) is 6.04 Å². The van der Waals surface area contributed by atoms with Gasteiger partial charge in [-0.25, -0.2) is 0 Å². The summed E-state index contributed by atoms with van der Waals surface area (Å²) in [4.78, 5) is 14.3. The van der Waals surface area contributed by atoms with E-state index >= 15 is 0 Å². The Kier molecular flexibility index (Phi) is 3.08. The average Bonchev–Trinajstić information content (AvgIpc) is 3.09. The van der Waals surface area contributed by atoms with Crippen molar-refractivity contribution in [3.63, 3.8) is 0 Å². The van der Waals surface area contributed by atoms with Crippen molar-refractivity contribution in [1.29, 1.82) is 0 Å². The number of aromatic nitrogens is 3. The number of hydrogen-bond donors (Lipinski definition) is 1. The van der Waals surface area contributed by atoms with Gasteiger partial charge in [-0.1, -0.05) is 0 Å². The summed E-state index contributed by atoms with van der Waals surface area (Å²) in [5.41, 5.74) is 1.59. The van der Waals surface area contributed by atoms with Crippen molar-refractivity contribution in [3.05, 3.63) is 42.0 Å². The number of nitrogens with one attached hydrogen (secondary N) is 1. The molecule has 3 rings (SSSR count). The summed E-state index contributed by atoms with van der Waals surface area (Å²) in [6.45, 7) is 1.69. The van der Waals surface area contributed by atoms with E-state index in [0.717, 1.165) is 5.69 Å². The van der Waals surface area contributed by atoms with E-state index in [4.69, 9.17) is 4.74 Å². The van der Waals surface area contributed by atoms with Gasteiger partial charge in [-0.3, -0.25) is 9.89 Å². The van der Waals surface area contributed by atoms with Gasteiger partial charge in [0.2, 0.25) is 0 Å². The topological polar surface area (TPSA) is 63.1 Å². The number of aromatic amines is 1. The molecular formula is C13H16N4O2. The highest BCUT2D eigenvalue weighted by atomic mass is 16.5. The first kappa shape index (κ1) is 12.0. The standard InChI is InChI=1S/C13H16N4O2/c1-16-6-2-3-11(16)12-9-19-8-7-17(12)13(18)10-4-5-14-15-10/h2-6,12H,7-9H2,1H3,(H,14,15)/t12-/m1/s1. The molecule has 19 heavy (non-hydrogen) atoms. The lowest BCUT2D eigenvalue weighted by atomic mass is 10.1. The van der Waals surface area contributed by atoms with Gasteiger partial charge in [-0.05, 0) is 18.2 Å². The fourth-order valence-electron chi connectivity index (χ4n) is 2.44. The number of H-pyrrole nitrogens is 1. The van der Waals surface area contributed by atoms with E-state index in [0.29, 0.717) is 25.5 Å². The fraction of sp³-hybridized carbons (Fsp3) is 0.385. The predicted molar refractivity (Wildman–Crippen MR) is 68.6 cm³/mol. The summed E-state index contributed by atoms with van der Waals surface area (Å²) in [7, 11) is 1.97. The quantitative estimate of drug-likeness (QED) is 0.875. The summed E-state index contributed by atoms with van der Waals surface area (Å²) < 4.78 is 7.55. The number of aryl methyl sites for hydroxylation is 1. The summed E-state index contributed by atoms with van der Waals surface area (Å²) in [5.74, 6) is -0.0352. The maximum Gasteiger partial charge on any atom is 0.272 e. The Hall–Kier alpha value is -2.08. The largest absolute Gasteiger partial charge is 0.377 e. The van der Waals surface area contributed by atoms with Crippen LogP contribution in [0.25, 0.3) is 0 Å². The molecule has 1 atom stereocenters. The molecule has 0 saturated carbocycles. The smallest absolute Gasteiger partial charge is 0.272 e. The van der Waals surface area contributed by atoms with Crippen LogP contribution in [0.5, 0.6) is 0 Å². The minimum absolute atomic E-state index is 0.0352. The molecule has 3 heterocycles. The van der Waals surface area contributed by atoms with Gasteiger partial charge in [-0.15, -0.1) is 0 Å². The van der Waals surface area contributed by atoms with Crippen LogP contribution in [0.1, 0.15) is 22.2 Å². The van der Waals surface area contributed by atoms with E-state index in [1.807, 2.05) is 34.8 Å². The van der Waals surface area contributed by atoms with E-state index in [1.54, 1.807) is 12.3 Å². The van der Waals surface area contributed by atoms with E-state index in [2.05, 4.69) is 10.2 Å². The third kappa shape index (κ3) is 2.15. The van der Waals surface area contributed by atoms with Crippen LogP contribution in [0.15, 0.2) is 30.6 Å². The van der Waals surface area contributed by atoms with Crippen LogP contribution in [-0.2, 0) is 11.8 Å². The van der Waals surface area contributed by atoms with Crippen molar-refractivity contribution in [1.82, 2.24) is 19.7 Å². The monoisotopic (exact) mass is 260 g/mol. The second-order valence-electron chi connectivity index (χ2n) is 4.60. The molecule has 1 aliphatic rings. The Morgan fingerprint density at radius 2 is 2.42 bits per heavy atom. The molecule has 6 nitrogen and oxygen atoms in total. The normalized spacial score (nSPS) is 19.6. The van der Waals surface area contributed by atoms with E-state index in [-0.39, 0.29) is 11.9 Å². The number of rotatable bonds is 2. The minimum atomic E-state index is -0.0513. The Morgan fingerprint density at radius 1 is 1.53 bits per heavy atom. The Balaban J connectivity index is 1.90. The summed E-state index contributed by atoms with van der Waals surface area (Å²) in [6.07, 6.45) is 3.56. The lowest BCUT2D eigenvalue weighted by Crippen LogP contribution is -2.44. The van der Waals surface area contributed by atoms with Crippen LogP contribution in [0.3, 0.4) is 0 Å². The SMILES string of the molecule is Cn1cccc1[C@H]1COCCN1C(=O)c1ccn[nH]1. The maximum absolute atomic E-state index is 12.5. The molecule has 2 aromatic rings. The van der Waals surface area contributed by atoms with Crippen molar-refractivity contribution in [3.8, 4) is 0 Å². The first-order valence-corrected chi connectivity index (χ1v) is 6.26. The van der Waals surface area contributed by atoms with E-state index < -0.39 is 0 Å². The molecule has 0 spiro atoms. The molecule has 0 aliphatic carbocycles. The van der Waals surface area contributed by atoms with Gasteiger partial charge < -0.3 is 14.2 Å². The lowest BCUT2D eigenvalue weighted by Gasteiger charge is -2.35. The van der Waals surface area contributed by atoms with E-state index in [9.17, 15) is 4.79 Å². The Labute approximate surface area is 111 Å². The molecule has 0 radical (unpaired) electrons. The number of ether oxygens (including phenoxy) is 1. The Bertz CT molecular complexity index is 561. The number of morpholine rings is 1. The molecule has 1 fully saturated rings. The van der Waals surface area contributed by atoms with Crippen molar-refractivity contribution in [2.24, 2.45) is 7.05 Å². The first-order chi connectivity index (χ1) is 9.27. The molecule has 1 aliphatic heterocycles. The zero-order valence-electron chi connectivity index (χ0n) is 10.7. The van der Waals surface area contributed by atoms with Crippen molar-refractivity contribution < 1.29 is 9.53 Å². The van der Waals surface area contributed by atoms with Crippen LogP contribution in [-0.4, -0.2) is 45.3 Å². The molecule has 6 heteroatoms. The molecule has 1 amide bonds. The van der Waals surface area contributed by atoms with Crippen LogP contribution < -0.4 is 0 Å². The lowest BCUT2D eigenvalue weighted by molar-refractivity contribution is -0.00494. The number of amides is 1. The number of carbonyl (C=O) groups excluding carboxylic acids is 1. The number of nitrogens with zero attached hydrogens (tertiary/aromatic N) is 3. The minimum Gasteiger partial charge on any atom is -0.377 e. The average molecular weight is 260 g/mol. The van der Waals surface area contributed by atoms with Gasteiger partial charge in [0.15, 0.2) is 0 Å². The molecule has 1 saturated heterocycles. The zero-order valence-corrected chi connectivity index (χ0v) is 10.7. The summed E-state index contributed by atoms with van der Waals surface area (Å²) in [6, 6.07) is 5.64. The van der Waals surface area contributed by atoms with Gasteiger partial charge in [0, 0.05) is 31.7 Å².